The molecule has 1 aliphatic heterocycles. The van der Waals surface area contributed by atoms with Crippen molar-refractivity contribution in [1.29, 1.82) is 0 Å². The highest BCUT2D eigenvalue weighted by molar-refractivity contribution is 5.93. The normalized spacial score (nSPS) is 12.0. The maximum atomic E-state index is 12.7. The number of nitrogens with zero attached hydrogens (tertiary/aromatic N) is 3. The van der Waals surface area contributed by atoms with Crippen molar-refractivity contribution in [2.45, 2.75) is 13.1 Å². The summed E-state index contributed by atoms with van der Waals surface area (Å²) < 4.78 is 12.7. The fourth-order valence-corrected chi connectivity index (χ4v) is 2.97. The molecule has 4 rings (SSSR count). The van der Waals surface area contributed by atoms with Crippen molar-refractivity contribution in [3.8, 4) is 11.5 Å². The van der Waals surface area contributed by atoms with E-state index in [0.29, 0.717) is 17.1 Å². The summed E-state index contributed by atoms with van der Waals surface area (Å²) in [5.41, 5.74) is -1.26. The van der Waals surface area contributed by atoms with Gasteiger partial charge in [-0.15, -0.1) is 0 Å². The fraction of sp³-hybridized carbons (Fsp3) is 0.211. The van der Waals surface area contributed by atoms with E-state index in [-0.39, 0.29) is 37.5 Å². The van der Waals surface area contributed by atoms with Gasteiger partial charge in [0.15, 0.2) is 11.5 Å². The molecule has 0 spiro atoms. The molecule has 1 amide bonds. The summed E-state index contributed by atoms with van der Waals surface area (Å²) in [6.07, 6.45) is 2.53. The summed E-state index contributed by atoms with van der Waals surface area (Å²) in [5, 5.41) is 6.43. The highest BCUT2D eigenvalue weighted by atomic mass is 16.7. The van der Waals surface area contributed by atoms with Crippen LogP contribution in [-0.4, -0.2) is 38.6 Å². The van der Waals surface area contributed by atoms with Gasteiger partial charge < -0.3 is 19.8 Å². The van der Waals surface area contributed by atoms with Gasteiger partial charge in [0.1, 0.15) is 5.56 Å². The van der Waals surface area contributed by atoms with Gasteiger partial charge >= 0.3 is 5.69 Å². The number of aromatic nitrogens is 4. The molecule has 0 saturated carbocycles. The van der Waals surface area contributed by atoms with E-state index in [1.54, 1.807) is 18.2 Å². The number of rotatable bonds is 6. The van der Waals surface area contributed by atoms with Crippen LogP contribution < -0.4 is 31.6 Å². The molecule has 0 saturated heterocycles. The molecule has 3 heterocycles. The second-order valence-corrected chi connectivity index (χ2v) is 6.43. The Bertz CT molecular complexity index is 1280. The summed E-state index contributed by atoms with van der Waals surface area (Å²) in [6, 6.07) is 7.93. The molecule has 0 unspecified atom stereocenters. The largest absolute Gasteiger partial charge is 0.454 e. The first-order valence-electron chi connectivity index (χ1n) is 9.04. The van der Waals surface area contributed by atoms with Gasteiger partial charge in [0.25, 0.3) is 17.0 Å². The number of benzene rings is 1. The molecule has 0 radical (unpaired) electrons. The SMILES string of the molecule is O=C(NCCn1ncccc1=O)c1c[nH]c(=O)n(Cc2ccc3c(c2)OCO3)c1=O. The number of hydrogen-bond donors (Lipinski definition) is 2. The third-order valence-corrected chi connectivity index (χ3v) is 4.48. The van der Waals surface area contributed by atoms with Crippen molar-refractivity contribution >= 4 is 5.91 Å². The maximum Gasteiger partial charge on any atom is 0.328 e. The van der Waals surface area contributed by atoms with E-state index < -0.39 is 17.2 Å². The van der Waals surface area contributed by atoms with Gasteiger partial charge in [-0.05, 0) is 23.8 Å². The average molecular weight is 411 g/mol. The minimum Gasteiger partial charge on any atom is -0.454 e. The van der Waals surface area contributed by atoms with Gasteiger partial charge in [-0.2, -0.15) is 5.10 Å². The Labute approximate surface area is 168 Å². The van der Waals surface area contributed by atoms with Crippen molar-refractivity contribution in [2.75, 3.05) is 13.3 Å². The van der Waals surface area contributed by atoms with Gasteiger partial charge in [-0.25, -0.2) is 9.48 Å². The number of nitrogens with one attached hydrogen (secondary N) is 2. The zero-order chi connectivity index (χ0) is 21.1. The van der Waals surface area contributed by atoms with Gasteiger partial charge in [-0.1, -0.05) is 6.07 Å². The second-order valence-electron chi connectivity index (χ2n) is 6.43. The minimum atomic E-state index is -0.732. The molecule has 0 bridgehead atoms. The lowest BCUT2D eigenvalue weighted by molar-refractivity contribution is 0.0949. The van der Waals surface area contributed by atoms with Crippen molar-refractivity contribution in [3.63, 3.8) is 0 Å². The molecule has 2 N–H and O–H groups in total. The highest BCUT2D eigenvalue weighted by Gasteiger charge is 2.17. The van der Waals surface area contributed by atoms with Crippen molar-refractivity contribution in [1.82, 2.24) is 24.6 Å². The predicted molar refractivity (Wildman–Crippen MR) is 104 cm³/mol. The van der Waals surface area contributed by atoms with Gasteiger partial charge in [0, 0.05) is 25.0 Å². The monoisotopic (exact) mass is 411 g/mol. The van der Waals surface area contributed by atoms with Crippen molar-refractivity contribution in [2.24, 2.45) is 0 Å². The first-order chi connectivity index (χ1) is 14.5. The number of H-pyrrole nitrogens is 1. The quantitative estimate of drug-likeness (QED) is 0.547. The zero-order valence-corrected chi connectivity index (χ0v) is 15.7. The summed E-state index contributed by atoms with van der Waals surface area (Å²) >= 11 is 0. The molecule has 1 aliphatic rings. The van der Waals surface area contributed by atoms with Gasteiger partial charge in [0.2, 0.25) is 6.79 Å². The molecule has 0 fully saturated rings. The average Bonchev–Trinajstić information content (AvgIpc) is 3.20. The van der Waals surface area contributed by atoms with Crippen LogP contribution in [0.4, 0.5) is 0 Å². The highest BCUT2D eigenvalue weighted by Crippen LogP contribution is 2.32. The van der Waals surface area contributed by atoms with Crippen LogP contribution in [0, 0.1) is 0 Å². The van der Waals surface area contributed by atoms with Crippen LogP contribution in [0.25, 0.3) is 0 Å². The summed E-state index contributed by atoms with van der Waals surface area (Å²) in [7, 11) is 0. The Hall–Kier alpha value is -4.15. The van der Waals surface area contributed by atoms with Crippen LogP contribution in [-0.2, 0) is 13.1 Å². The number of hydrogen-bond acceptors (Lipinski definition) is 7. The Balaban J connectivity index is 1.50. The number of carbonyl (C=O) groups is 1. The summed E-state index contributed by atoms with van der Waals surface area (Å²) in [4.78, 5) is 51.3. The zero-order valence-electron chi connectivity index (χ0n) is 15.7. The van der Waals surface area contributed by atoms with E-state index in [1.165, 1.54) is 23.0 Å². The van der Waals surface area contributed by atoms with Gasteiger partial charge in [-0.3, -0.25) is 19.0 Å². The Morgan fingerprint density at radius 3 is 2.83 bits per heavy atom. The van der Waals surface area contributed by atoms with E-state index in [9.17, 15) is 19.2 Å². The number of aromatic amines is 1. The Kier molecular flexibility index (Phi) is 5.16. The van der Waals surface area contributed by atoms with Crippen molar-refractivity contribution < 1.29 is 14.3 Å². The van der Waals surface area contributed by atoms with Crippen molar-refractivity contribution in [3.05, 3.63) is 85.0 Å². The molecular weight excluding hydrogens is 394 g/mol. The standard InChI is InChI=1S/C19H17N5O6/c25-16-2-1-5-22-24(16)7-6-20-17(26)13-9-21-19(28)23(18(13)27)10-12-3-4-14-15(8-12)30-11-29-14/h1-5,8-9H,6-7,10-11H2,(H,20,26)(H,21,28). The topological polar surface area (TPSA) is 137 Å². The molecule has 11 nitrogen and oxygen atoms in total. The number of ether oxygens (including phenoxy) is 2. The maximum absolute atomic E-state index is 12.7. The van der Waals surface area contributed by atoms with Crippen LogP contribution in [0.2, 0.25) is 0 Å². The van der Waals surface area contributed by atoms with Crippen LogP contribution in [0.1, 0.15) is 15.9 Å². The summed E-state index contributed by atoms with van der Waals surface area (Å²) in [5.74, 6) is 0.440. The van der Waals surface area contributed by atoms with Crippen LogP contribution in [0.5, 0.6) is 11.5 Å². The molecule has 30 heavy (non-hydrogen) atoms. The van der Waals surface area contributed by atoms with E-state index in [4.69, 9.17) is 9.47 Å². The van der Waals surface area contributed by atoms with Crippen LogP contribution >= 0.6 is 0 Å². The summed E-state index contributed by atoms with van der Waals surface area (Å²) in [6.45, 7) is 0.283. The molecule has 1 aromatic carbocycles. The third-order valence-electron chi connectivity index (χ3n) is 4.48. The first-order valence-corrected chi connectivity index (χ1v) is 9.04. The minimum absolute atomic E-state index is 0.0464. The molecule has 3 aromatic rings. The second kappa shape index (κ2) is 8.07. The van der Waals surface area contributed by atoms with Gasteiger partial charge in [0.05, 0.1) is 13.1 Å². The Morgan fingerprint density at radius 1 is 1.17 bits per heavy atom. The van der Waals surface area contributed by atoms with E-state index in [0.717, 1.165) is 10.8 Å². The molecule has 11 heteroatoms. The molecule has 154 valence electrons. The predicted octanol–water partition coefficient (Wildman–Crippen LogP) is -0.700. The number of amides is 1. The van der Waals surface area contributed by atoms with E-state index >= 15 is 0 Å². The van der Waals surface area contributed by atoms with Crippen LogP contribution in [0.3, 0.4) is 0 Å². The number of fused-ring (bicyclic) bond motifs is 1. The third kappa shape index (κ3) is 3.85. The molecular formula is C19H17N5O6. The van der Waals surface area contributed by atoms with E-state index in [1.807, 2.05) is 0 Å². The molecule has 2 aromatic heterocycles. The smallest absolute Gasteiger partial charge is 0.328 e. The first kappa shape index (κ1) is 19.2. The number of carbonyl (C=O) groups excluding carboxylic acids is 1. The van der Waals surface area contributed by atoms with E-state index in [2.05, 4.69) is 15.4 Å². The Morgan fingerprint density at radius 2 is 2.00 bits per heavy atom. The van der Waals surface area contributed by atoms with Crippen LogP contribution in [0.15, 0.2) is 57.1 Å². The molecule has 0 aliphatic carbocycles. The fourth-order valence-electron chi connectivity index (χ4n) is 2.97. The lowest BCUT2D eigenvalue weighted by atomic mass is 10.2. The lowest BCUT2D eigenvalue weighted by Gasteiger charge is -2.09. The molecule has 0 atom stereocenters. The lowest BCUT2D eigenvalue weighted by Crippen LogP contribution is -2.41.